The summed E-state index contributed by atoms with van der Waals surface area (Å²) in [6.45, 7) is 6.59. The maximum Gasteiger partial charge on any atom is 0.419 e. The van der Waals surface area contributed by atoms with E-state index < -0.39 is 29.3 Å². The van der Waals surface area contributed by atoms with Gasteiger partial charge in [0.2, 0.25) is 5.91 Å². The molecule has 0 bridgehead atoms. The van der Waals surface area contributed by atoms with Crippen LogP contribution in [0.4, 0.5) is 23.8 Å². The highest BCUT2D eigenvalue weighted by atomic mass is 19.4. The summed E-state index contributed by atoms with van der Waals surface area (Å²) < 4.78 is 46.7. The third-order valence-electron chi connectivity index (χ3n) is 6.13. The smallest absolute Gasteiger partial charge is 0.419 e. The van der Waals surface area contributed by atoms with Crippen molar-refractivity contribution in [3.05, 3.63) is 29.6 Å². The van der Waals surface area contributed by atoms with Crippen LogP contribution < -0.4 is 11.1 Å². The number of hydrogen-bond acceptors (Lipinski definition) is 6. The van der Waals surface area contributed by atoms with Crippen molar-refractivity contribution in [1.82, 2.24) is 25.0 Å². The van der Waals surface area contributed by atoms with Crippen molar-refractivity contribution in [3.63, 3.8) is 0 Å². The zero-order valence-electron chi connectivity index (χ0n) is 19.2. The second-order valence-electron chi connectivity index (χ2n) is 9.74. The molecular weight excluding hydrogens is 453 g/mol. The number of nitrogens with zero attached hydrogens (tertiary/aromatic N) is 4. The molecule has 2 aliphatic heterocycles. The number of anilines is 1. The van der Waals surface area contributed by atoms with Gasteiger partial charge in [-0.15, -0.1) is 0 Å². The van der Waals surface area contributed by atoms with Gasteiger partial charge < -0.3 is 20.7 Å². The summed E-state index contributed by atoms with van der Waals surface area (Å²) in [5.41, 5.74) is 4.90. The number of alkyl carbamates (subject to hydrolysis) is 1. The summed E-state index contributed by atoms with van der Waals surface area (Å²) in [6.07, 6.45) is -2.52. The number of aryl methyl sites for hydroxylation is 1. The van der Waals surface area contributed by atoms with E-state index in [0.29, 0.717) is 31.7 Å². The number of likely N-dealkylation sites (tertiary alicyclic amines) is 1. The Morgan fingerprint density at radius 3 is 2.59 bits per heavy atom. The number of nitrogens with one attached hydrogen (secondary N) is 1. The minimum atomic E-state index is -4.61. The van der Waals surface area contributed by atoms with Gasteiger partial charge in [0, 0.05) is 42.5 Å². The number of fused-ring (bicyclic) bond motifs is 2. The summed E-state index contributed by atoms with van der Waals surface area (Å²) in [4.78, 5) is 29.9. The first-order valence-electron chi connectivity index (χ1n) is 10.9. The van der Waals surface area contributed by atoms with Gasteiger partial charge in [0.1, 0.15) is 18.0 Å². The molecule has 184 valence electrons. The Balaban J connectivity index is 1.47. The average Bonchev–Trinajstić information content (AvgIpc) is 3.41. The molecule has 2 aromatic rings. The van der Waals surface area contributed by atoms with Gasteiger partial charge in [-0.2, -0.15) is 18.3 Å². The van der Waals surface area contributed by atoms with Crippen LogP contribution in [0, 0.1) is 0 Å². The van der Waals surface area contributed by atoms with Crippen LogP contribution in [-0.2, 0) is 27.7 Å². The Labute approximate surface area is 194 Å². The highest BCUT2D eigenvalue weighted by Gasteiger charge is 2.47. The van der Waals surface area contributed by atoms with E-state index in [4.69, 9.17) is 10.5 Å². The maximum absolute atomic E-state index is 13.2. The number of pyridine rings is 1. The van der Waals surface area contributed by atoms with Crippen molar-refractivity contribution < 1.29 is 27.5 Å². The molecule has 0 saturated carbocycles. The number of nitrogens with two attached hydrogens (primary N) is 1. The topological polar surface area (TPSA) is 115 Å². The molecule has 1 unspecified atom stereocenters. The standard InChI is InChI=1S/C22H27F3N6O3/c1-20(2,3)34-19(33)28-11-17(32)30-6-4-21(12-30)5-7-31-16(21)9-15(29-31)13-8-14(22(23,24)25)18(26)27-10-13/h8-10H,4-7,11-12H2,1-3H3,(H2,26,27)(H,28,33). The number of ether oxygens (including phenoxy) is 1. The van der Waals surface area contributed by atoms with Crippen LogP contribution in [0.1, 0.15) is 44.9 Å². The summed E-state index contributed by atoms with van der Waals surface area (Å²) in [5, 5.41) is 6.97. The zero-order chi connectivity index (χ0) is 24.9. The molecule has 1 atom stereocenters. The minimum absolute atomic E-state index is 0.174. The number of amides is 2. The normalized spacial score (nSPS) is 20.0. The van der Waals surface area contributed by atoms with Crippen LogP contribution in [0.5, 0.6) is 0 Å². The molecule has 0 radical (unpaired) electrons. The fourth-order valence-corrected chi connectivity index (χ4v) is 4.52. The average molecular weight is 480 g/mol. The quantitative estimate of drug-likeness (QED) is 0.698. The lowest BCUT2D eigenvalue weighted by atomic mass is 9.82. The van der Waals surface area contributed by atoms with Gasteiger partial charge >= 0.3 is 12.3 Å². The Morgan fingerprint density at radius 2 is 1.91 bits per heavy atom. The summed E-state index contributed by atoms with van der Waals surface area (Å²) in [7, 11) is 0. The molecule has 9 nitrogen and oxygen atoms in total. The fourth-order valence-electron chi connectivity index (χ4n) is 4.52. The molecule has 1 spiro atoms. The monoisotopic (exact) mass is 480 g/mol. The van der Waals surface area contributed by atoms with Crippen molar-refractivity contribution >= 4 is 17.8 Å². The molecule has 34 heavy (non-hydrogen) atoms. The molecule has 3 N–H and O–H groups in total. The summed E-state index contributed by atoms with van der Waals surface area (Å²) >= 11 is 0. The third-order valence-corrected chi connectivity index (χ3v) is 6.13. The lowest BCUT2D eigenvalue weighted by molar-refractivity contribution is -0.137. The van der Waals surface area contributed by atoms with Gasteiger partial charge in [-0.1, -0.05) is 0 Å². The predicted molar refractivity (Wildman–Crippen MR) is 117 cm³/mol. The Kier molecular flexibility index (Phi) is 5.73. The second-order valence-corrected chi connectivity index (χ2v) is 9.74. The van der Waals surface area contributed by atoms with Crippen LogP contribution >= 0.6 is 0 Å². The molecule has 1 fully saturated rings. The molecule has 1 saturated heterocycles. The molecular formula is C22H27F3N6O3. The molecule has 2 aliphatic rings. The van der Waals surface area contributed by atoms with Crippen LogP contribution in [0.3, 0.4) is 0 Å². The minimum Gasteiger partial charge on any atom is -0.444 e. The molecule has 4 rings (SSSR count). The van der Waals surface area contributed by atoms with Gasteiger partial charge in [-0.05, 0) is 45.7 Å². The van der Waals surface area contributed by atoms with E-state index in [0.717, 1.165) is 18.2 Å². The number of nitrogen functional groups attached to an aromatic ring is 1. The van der Waals surface area contributed by atoms with Crippen molar-refractivity contribution in [3.8, 4) is 11.3 Å². The molecule has 2 aromatic heterocycles. The first-order chi connectivity index (χ1) is 15.8. The molecule has 0 aromatic carbocycles. The SMILES string of the molecule is CC(C)(C)OC(=O)NCC(=O)N1CCC2(CCn3nc(-c4cnc(N)c(C(F)(F)F)c4)cc32)C1. The van der Waals surface area contributed by atoms with E-state index in [-0.39, 0.29) is 23.4 Å². The number of carbonyl (C=O) groups excluding carboxylic acids is 2. The van der Waals surface area contributed by atoms with Crippen molar-refractivity contribution in [2.45, 2.75) is 57.3 Å². The third kappa shape index (κ3) is 4.66. The Hall–Kier alpha value is -3.31. The van der Waals surface area contributed by atoms with Crippen molar-refractivity contribution in [2.24, 2.45) is 0 Å². The number of alkyl halides is 3. The summed E-state index contributed by atoms with van der Waals surface area (Å²) in [5.74, 6) is -0.803. The van der Waals surface area contributed by atoms with Crippen LogP contribution in [0.25, 0.3) is 11.3 Å². The fraction of sp³-hybridized carbons (Fsp3) is 0.545. The van der Waals surface area contributed by atoms with Crippen LogP contribution in [0.2, 0.25) is 0 Å². The number of halogens is 3. The summed E-state index contributed by atoms with van der Waals surface area (Å²) in [6, 6.07) is 2.73. The van der Waals surface area contributed by atoms with E-state index in [1.165, 1.54) is 6.20 Å². The lowest BCUT2D eigenvalue weighted by Gasteiger charge is -2.24. The van der Waals surface area contributed by atoms with Gasteiger partial charge in [-0.25, -0.2) is 9.78 Å². The molecule has 4 heterocycles. The van der Waals surface area contributed by atoms with E-state index >= 15 is 0 Å². The number of hydrogen-bond donors (Lipinski definition) is 2. The second kappa shape index (κ2) is 8.17. The number of carbonyl (C=O) groups is 2. The van der Waals surface area contributed by atoms with E-state index in [1.807, 2.05) is 0 Å². The lowest BCUT2D eigenvalue weighted by Crippen LogP contribution is -2.42. The highest BCUT2D eigenvalue weighted by molar-refractivity contribution is 5.82. The molecule has 12 heteroatoms. The first-order valence-corrected chi connectivity index (χ1v) is 10.9. The first kappa shape index (κ1) is 23.8. The van der Waals surface area contributed by atoms with Crippen LogP contribution in [0.15, 0.2) is 18.3 Å². The zero-order valence-corrected chi connectivity index (χ0v) is 19.2. The van der Waals surface area contributed by atoms with Gasteiger partial charge in [0.15, 0.2) is 0 Å². The van der Waals surface area contributed by atoms with E-state index in [9.17, 15) is 22.8 Å². The Morgan fingerprint density at radius 1 is 1.21 bits per heavy atom. The number of aromatic nitrogens is 3. The van der Waals surface area contributed by atoms with Gasteiger partial charge in [-0.3, -0.25) is 9.48 Å². The van der Waals surface area contributed by atoms with Gasteiger partial charge in [0.05, 0.1) is 11.3 Å². The van der Waals surface area contributed by atoms with E-state index in [2.05, 4.69) is 15.4 Å². The molecule has 0 aliphatic carbocycles. The van der Waals surface area contributed by atoms with E-state index in [1.54, 1.807) is 36.4 Å². The highest BCUT2D eigenvalue weighted by Crippen LogP contribution is 2.44. The van der Waals surface area contributed by atoms with Gasteiger partial charge in [0.25, 0.3) is 0 Å². The van der Waals surface area contributed by atoms with Crippen LogP contribution in [-0.4, -0.2) is 56.9 Å². The largest absolute Gasteiger partial charge is 0.444 e. The van der Waals surface area contributed by atoms with Crippen molar-refractivity contribution in [2.75, 3.05) is 25.4 Å². The van der Waals surface area contributed by atoms with Crippen molar-refractivity contribution in [1.29, 1.82) is 0 Å². The Bertz CT molecular complexity index is 1120. The maximum atomic E-state index is 13.2. The molecule has 2 amide bonds. The predicted octanol–water partition coefficient (Wildman–Crippen LogP) is 2.94. The number of rotatable bonds is 3.